The molecule has 1 radical (unpaired) electrons. The maximum atomic E-state index is 5.54. The smallest absolute Gasteiger partial charge is 0.0548 e. The van der Waals surface area contributed by atoms with Crippen LogP contribution in [0, 0.1) is 6.04 Å². The summed E-state index contributed by atoms with van der Waals surface area (Å²) < 4.78 is 0. The van der Waals surface area contributed by atoms with Crippen LogP contribution in [0.15, 0.2) is 0 Å². The van der Waals surface area contributed by atoms with Gasteiger partial charge in [0.05, 0.1) is 6.17 Å². The quantitative estimate of drug-likeness (QED) is 0.535. The Morgan fingerprint density at radius 2 is 2.12 bits per heavy atom. The molecule has 0 saturated heterocycles. The summed E-state index contributed by atoms with van der Waals surface area (Å²) in [5, 5.41) is 3.09. The maximum Gasteiger partial charge on any atom is 0.0548 e. The molecule has 0 aliphatic carbocycles. The van der Waals surface area contributed by atoms with Crippen LogP contribution in [0.2, 0.25) is 0 Å². The second-order valence-corrected chi connectivity index (χ2v) is 2.16. The van der Waals surface area contributed by atoms with Crippen molar-refractivity contribution in [2.24, 2.45) is 5.73 Å². The van der Waals surface area contributed by atoms with Gasteiger partial charge in [0.2, 0.25) is 0 Å². The minimum absolute atomic E-state index is 0.139. The minimum Gasteiger partial charge on any atom is -0.316 e. The zero-order chi connectivity index (χ0) is 6.57. The second-order valence-electron chi connectivity index (χ2n) is 2.16. The molecular weight excluding hydrogens is 100 g/mol. The van der Waals surface area contributed by atoms with Crippen LogP contribution in [-0.4, -0.2) is 6.17 Å². The van der Waals surface area contributed by atoms with Crippen molar-refractivity contribution in [3.8, 4) is 0 Å². The average molecular weight is 115 g/mol. The van der Waals surface area contributed by atoms with E-state index in [1.807, 2.05) is 13.8 Å². The Balaban J connectivity index is 3.10. The molecule has 0 aliphatic rings. The molecular formula is C6H15N2. The van der Waals surface area contributed by atoms with Crippen molar-refractivity contribution in [3.63, 3.8) is 0 Å². The minimum atomic E-state index is 0.139. The van der Waals surface area contributed by atoms with Crippen LogP contribution in [0.25, 0.3) is 0 Å². The van der Waals surface area contributed by atoms with Gasteiger partial charge < -0.3 is 5.73 Å². The number of nitrogens with two attached hydrogens (primary N) is 1. The summed E-state index contributed by atoms with van der Waals surface area (Å²) in [6, 6.07) is 1.18. The van der Waals surface area contributed by atoms with Crippen molar-refractivity contribution in [1.29, 1.82) is 0 Å². The van der Waals surface area contributed by atoms with Gasteiger partial charge in [-0.05, 0) is 20.3 Å². The summed E-state index contributed by atoms with van der Waals surface area (Å²) in [5.74, 6) is 0. The molecule has 2 heteroatoms. The van der Waals surface area contributed by atoms with E-state index in [4.69, 9.17) is 5.73 Å². The molecule has 0 rings (SSSR count). The van der Waals surface area contributed by atoms with Crippen molar-refractivity contribution in [2.75, 3.05) is 0 Å². The van der Waals surface area contributed by atoms with Crippen molar-refractivity contribution in [2.45, 2.75) is 33.4 Å². The van der Waals surface area contributed by atoms with Crippen LogP contribution in [0.5, 0.6) is 0 Å². The molecule has 3 N–H and O–H groups in total. The molecule has 49 valence electrons. The predicted molar refractivity (Wildman–Crippen MR) is 36.0 cm³/mol. The van der Waals surface area contributed by atoms with Crippen molar-refractivity contribution in [3.05, 3.63) is 6.04 Å². The molecule has 0 aromatic heterocycles. The third-order valence-electron chi connectivity index (χ3n) is 0.914. The Morgan fingerprint density at radius 1 is 1.62 bits per heavy atom. The molecule has 0 amide bonds. The van der Waals surface area contributed by atoms with Gasteiger partial charge in [0.1, 0.15) is 0 Å². The predicted octanol–water partition coefficient (Wildman–Crippen LogP) is 0.843. The highest BCUT2D eigenvalue weighted by atomic mass is 15.0. The number of nitrogens with one attached hydrogen (secondary N) is 1. The Labute approximate surface area is 51.5 Å². The van der Waals surface area contributed by atoms with Gasteiger partial charge in [-0.3, -0.25) is 5.32 Å². The molecule has 0 heterocycles. The third kappa shape index (κ3) is 4.09. The largest absolute Gasteiger partial charge is 0.316 e. The van der Waals surface area contributed by atoms with E-state index in [9.17, 15) is 0 Å². The van der Waals surface area contributed by atoms with E-state index in [2.05, 4.69) is 12.2 Å². The Morgan fingerprint density at radius 3 is 2.25 bits per heavy atom. The highest BCUT2D eigenvalue weighted by Crippen LogP contribution is 1.90. The molecule has 0 fully saturated rings. The average Bonchev–Trinajstić information content (AvgIpc) is 1.65. The lowest BCUT2D eigenvalue weighted by molar-refractivity contribution is 0.529. The fraction of sp³-hybridized carbons (Fsp3) is 0.833. The number of hydrogen-bond acceptors (Lipinski definition) is 2. The zero-order valence-corrected chi connectivity index (χ0v) is 5.86. The van der Waals surface area contributed by atoms with Crippen molar-refractivity contribution < 1.29 is 0 Å². The van der Waals surface area contributed by atoms with E-state index in [0.29, 0.717) is 0 Å². The van der Waals surface area contributed by atoms with Crippen LogP contribution in [0.4, 0.5) is 0 Å². The van der Waals surface area contributed by atoms with Crippen LogP contribution in [-0.2, 0) is 0 Å². The fourth-order valence-corrected chi connectivity index (χ4v) is 0.473. The monoisotopic (exact) mass is 115 g/mol. The maximum absolute atomic E-state index is 5.54. The van der Waals surface area contributed by atoms with Crippen LogP contribution < -0.4 is 11.1 Å². The van der Waals surface area contributed by atoms with Crippen molar-refractivity contribution >= 4 is 0 Å². The van der Waals surface area contributed by atoms with Gasteiger partial charge in [0, 0.05) is 6.04 Å². The third-order valence-corrected chi connectivity index (χ3v) is 0.914. The van der Waals surface area contributed by atoms with Gasteiger partial charge >= 0.3 is 0 Å². The van der Waals surface area contributed by atoms with Gasteiger partial charge in [-0.1, -0.05) is 6.92 Å². The first kappa shape index (κ1) is 7.92. The lowest BCUT2D eigenvalue weighted by Crippen LogP contribution is -2.37. The van der Waals surface area contributed by atoms with E-state index >= 15 is 0 Å². The molecule has 0 aromatic carbocycles. The second kappa shape index (κ2) is 3.87. The number of rotatable bonds is 3. The van der Waals surface area contributed by atoms with Gasteiger partial charge in [-0.15, -0.1) is 0 Å². The first-order valence-electron chi connectivity index (χ1n) is 2.99. The van der Waals surface area contributed by atoms with E-state index in [1.54, 1.807) is 0 Å². The highest BCUT2D eigenvalue weighted by molar-refractivity contribution is 4.75. The molecule has 8 heavy (non-hydrogen) atoms. The summed E-state index contributed by atoms with van der Waals surface area (Å²) in [6.07, 6.45) is 1.12. The van der Waals surface area contributed by atoms with Crippen molar-refractivity contribution in [1.82, 2.24) is 5.32 Å². The number of hydrogen-bond donors (Lipinski definition) is 2. The molecule has 0 bridgehead atoms. The topological polar surface area (TPSA) is 38.0 Å². The van der Waals surface area contributed by atoms with Gasteiger partial charge in [0.15, 0.2) is 0 Å². The van der Waals surface area contributed by atoms with Gasteiger partial charge in [-0.2, -0.15) is 0 Å². The fourth-order valence-electron chi connectivity index (χ4n) is 0.473. The lowest BCUT2D eigenvalue weighted by atomic mass is 10.3. The molecule has 0 aromatic rings. The Kier molecular flexibility index (Phi) is 3.83. The Bertz CT molecular complexity index is 52.5. The standard InChI is InChI=1S/C6H15N2/c1-4-6(7)8-5(2)3/h6,8H,4,7H2,1-3H3. The molecule has 1 atom stereocenters. The van der Waals surface area contributed by atoms with Crippen LogP contribution >= 0.6 is 0 Å². The van der Waals surface area contributed by atoms with Gasteiger partial charge in [0.25, 0.3) is 0 Å². The van der Waals surface area contributed by atoms with Crippen LogP contribution in [0.3, 0.4) is 0 Å². The van der Waals surface area contributed by atoms with E-state index < -0.39 is 0 Å². The molecule has 0 spiro atoms. The van der Waals surface area contributed by atoms with E-state index in [0.717, 1.165) is 6.42 Å². The highest BCUT2D eigenvalue weighted by Gasteiger charge is 1.98. The normalized spacial score (nSPS) is 14.6. The van der Waals surface area contributed by atoms with Crippen LogP contribution in [0.1, 0.15) is 27.2 Å². The zero-order valence-electron chi connectivity index (χ0n) is 5.86. The molecule has 1 unspecified atom stereocenters. The summed E-state index contributed by atoms with van der Waals surface area (Å²) in [4.78, 5) is 0. The summed E-state index contributed by atoms with van der Waals surface area (Å²) in [6.45, 7) is 6.08. The van der Waals surface area contributed by atoms with E-state index in [-0.39, 0.29) is 6.17 Å². The first-order chi connectivity index (χ1) is 3.66. The Hall–Kier alpha value is -0.0800. The SMILES string of the molecule is CCC(N)N[C](C)C. The summed E-state index contributed by atoms with van der Waals surface area (Å²) in [5.41, 5.74) is 5.54. The molecule has 0 aliphatic heterocycles. The van der Waals surface area contributed by atoms with E-state index in [1.165, 1.54) is 6.04 Å². The molecule has 0 saturated carbocycles. The lowest BCUT2D eigenvalue weighted by Gasteiger charge is -2.12. The summed E-state index contributed by atoms with van der Waals surface area (Å²) >= 11 is 0. The molecule has 2 nitrogen and oxygen atoms in total. The van der Waals surface area contributed by atoms with Gasteiger partial charge in [-0.25, -0.2) is 0 Å². The first-order valence-corrected chi connectivity index (χ1v) is 2.99. The summed E-state index contributed by atoms with van der Waals surface area (Å²) in [7, 11) is 0.